The number of amides is 1. The molecule has 0 saturated carbocycles. The van der Waals surface area contributed by atoms with Gasteiger partial charge in [-0.25, -0.2) is 4.79 Å². The maximum atomic E-state index is 14.0. The lowest BCUT2D eigenvalue weighted by Gasteiger charge is -2.43. The van der Waals surface area contributed by atoms with Gasteiger partial charge in [-0.15, -0.1) is 0 Å². The summed E-state index contributed by atoms with van der Waals surface area (Å²) in [5.41, 5.74) is -0.212. The first-order chi connectivity index (χ1) is 18.3. The summed E-state index contributed by atoms with van der Waals surface area (Å²) in [5.74, 6) is -75.7. The van der Waals surface area contributed by atoms with Gasteiger partial charge < -0.3 is 10.4 Å². The predicted octanol–water partition coefficient (Wildman–Crippen LogP) is 6.44. The number of halogens is 19. The average molecular weight is 661 g/mol. The van der Waals surface area contributed by atoms with Gasteiger partial charge in [-0.3, -0.25) is 4.79 Å². The first-order valence-electron chi connectivity index (χ1n) is 9.97. The molecule has 0 heterocycles. The molecule has 1 rings (SSSR count). The van der Waals surface area contributed by atoms with E-state index in [0.717, 1.165) is 24.3 Å². The van der Waals surface area contributed by atoms with E-state index in [1.54, 1.807) is 0 Å². The number of rotatable bonds is 12. The minimum Gasteiger partial charge on any atom is -0.480 e. The molecule has 42 heavy (non-hydrogen) atoms. The Morgan fingerprint density at radius 1 is 0.571 bits per heavy atom. The third kappa shape index (κ3) is 5.26. The summed E-state index contributed by atoms with van der Waals surface area (Å²) in [6.07, 6.45) is -9.13. The smallest absolute Gasteiger partial charge is 0.460 e. The number of benzene rings is 1. The summed E-state index contributed by atoms with van der Waals surface area (Å²) in [7, 11) is 0. The van der Waals surface area contributed by atoms with Crippen LogP contribution in [-0.2, 0) is 16.0 Å². The quantitative estimate of drug-likeness (QED) is 0.254. The lowest BCUT2D eigenvalue weighted by molar-refractivity contribution is -0.467. The Morgan fingerprint density at radius 3 is 1.24 bits per heavy atom. The number of alkyl halides is 19. The number of carboxylic acids is 1. The number of carbonyl (C=O) groups excluding carboxylic acids is 1. The molecule has 1 aromatic carbocycles. The van der Waals surface area contributed by atoms with Crippen LogP contribution in [0.5, 0.6) is 0 Å². The lowest BCUT2D eigenvalue weighted by atomic mass is 9.87. The van der Waals surface area contributed by atoms with Crippen molar-refractivity contribution < 1.29 is 98.1 Å². The molecule has 0 unspecified atom stereocenters. The minimum absolute atomic E-state index is 0.212. The van der Waals surface area contributed by atoms with Crippen LogP contribution in [0.1, 0.15) is 5.56 Å². The molecule has 0 aliphatic heterocycles. The Morgan fingerprint density at radius 2 is 0.905 bits per heavy atom. The van der Waals surface area contributed by atoms with Crippen LogP contribution in [0.3, 0.4) is 0 Å². The second-order valence-corrected chi connectivity index (χ2v) is 8.15. The second-order valence-electron chi connectivity index (χ2n) is 8.15. The molecule has 0 radical (unpaired) electrons. The van der Waals surface area contributed by atoms with Crippen LogP contribution in [0.15, 0.2) is 30.3 Å². The molecule has 0 fully saturated rings. The molecule has 0 aliphatic carbocycles. The van der Waals surface area contributed by atoms with Crippen molar-refractivity contribution in [1.29, 1.82) is 0 Å². The highest BCUT2D eigenvalue weighted by Gasteiger charge is 2.97. The Kier molecular flexibility index (Phi) is 9.23. The maximum Gasteiger partial charge on any atom is 0.460 e. The first-order valence-corrected chi connectivity index (χ1v) is 9.97. The van der Waals surface area contributed by atoms with E-state index in [-0.39, 0.29) is 5.56 Å². The number of carboxylic acid groups (broad SMARTS) is 1. The Balaban J connectivity index is 3.60. The van der Waals surface area contributed by atoms with Crippen molar-refractivity contribution >= 4 is 11.9 Å². The Labute approximate surface area is 218 Å². The van der Waals surface area contributed by atoms with Crippen LogP contribution in [0.2, 0.25) is 0 Å². The zero-order valence-electron chi connectivity index (χ0n) is 19.1. The SMILES string of the molecule is O=C(O)[C@H](Cc1ccccc1)NC(=O)C(F)(F)C(F)(F)C(F)(F)C(F)(F)C(F)(F)C(F)(F)C(F)(F)C(F)(F)C(F)(F)F. The maximum absolute atomic E-state index is 14.0. The molecule has 0 bridgehead atoms. The molecule has 1 atom stereocenters. The molecule has 1 amide bonds. The number of nitrogens with one attached hydrogen (secondary N) is 1. The van der Waals surface area contributed by atoms with Gasteiger partial charge in [0.2, 0.25) is 0 Å². The van der Waals surface area contributed by atoms with Gasteiger partial charge in [0, 0.05) is 6.42 Å². The highest BCUT2D eigenvalue weighted by molar-refractivity contribution is 5.89. The predicted molar refractivity (Wildman–Crippen MR) is 95.3 cm³/mol. The van der Waals surface area contributed by atoms with Gasteiger partial charge in [-0.1, -0.05) is 30.3 Å². The van der Waals surface area contributed by atoms with E-state index in [9.17, 15) is 93.0 Å². The average Bonchev–Trinajstić information content (AvgIpc) is 2.82. The van der Waals surface area contributed by atoms with E-state index >= 15 is 0 Å². The topological polar surface area (TPSA) is 66.4 Å². The van der Waals surface area contributed by atoms with Crippen molar-refractivity contribution in [3.63, 3.8) is 0 Å². The van der Waals surface area contributed by atoms with Gasteiger partial charge >= 0.3 is 59.5 Å². The summed E-state index contributed by atoms with van der Waals surface area (Å²) in [6.45, 7) is 0. The van der Waals surface area contributed by atoms with E-state index in [0.29, 0.717) is 5.32 Å². The molecule has 4 nitrogen and oxygen atoms in total. The van der Waals surface area contributed by atoms with Crippen LogP contribution in [-0.4, -0.2) is 76.6 Å². The molecule has 0 saturated heterocycles. The van der Waals surface area contributed by atoms with Gasteiger partial charge in [0.1, 0.15) is 6.04 Å². The number of hydrogen-bond donors (Lipinski definition) is 2. The fourth-order valence-electron chi connectivity index (χ4n) is 2.80. The zero-order valence-corrected chi connectivity index (χ0v) is 19.1. The van der Waals surface area contributed by atoms with Crippen molar-refractivity contribution in [3.05, 3.63) is 35.9 Å². The molecule has 0 aliphatic rings. The number of hydrogen-bond acceptors (Lipinski definition) is 2. The van der Waals surface area contributed by atoms with Crippen molar-refractivity contribution in [2.45, 2.75) is 66.0 Å². The van der Waals surface area contributed by atoms with Crippen molar-refractivity contribution in [1.82, 2.24) is 5.32 Å². The van der Waals surface area contributed by atoms with E-state index in [2.05, 4.69) is 0 Å². The van der Waals surface area contributed by atoms with E-state index in [4.69, 9.17) is 5.11 Å². The summed E-state index contributed by atoms with van der Waals surface area (Å²) < 4.78 is 254. The highest BCUT2D eigenvalue weighted by Crippen LogP contribution is 2.65. The van der Waals surface area contributed by atoms with Crippen molar-refractivity contribution in [3.8, 4) is 0 Å². The van der Waals surface area contributed by atoms with Crippen LogP contribution in [0.25, 0.3) is 0 Å². The summed E-state index contributed by atoms with van der Waals surface area (Å²) >= 11 is 0. The lowest BCUT2D eigenvalue weighted by Crippen LogP contribution is -2.76. The summed E-state index contributed by atoms with van der Waals surface area (Å²) in [5, 5.41) is 9.36. The molecule has 0 spiro atoms. The van der Waals surface area contributed by atoms with Crippen molar-refractivity contribution in [2.24, 2.45) is 0 Å². The third-order valence-electron chi connectivity index (χ3n) is 5.29. The minimum atomic E-state index is -9.13. The van der Waals surface area contributed by atoms with E-state index in [1.165, 1.54) is 6.07 Å². The molecule has 23 heteroatoms. The second kappa shape index (κ2) is 10.5. The van der Waals surface area contributed by atoms with Gasteiger partial charge in [0.15, 0.2) is 0 Å². The van der Waals surface area contributed by atoms with Gasteiger partial charge in [0.25, 0.3) is 5.91 Å². The molecule has 242 valence electrons. The van der Waals surface area contributed by atoms with Gasteiger partial charge in [-0.05, 0) is 5.56 Å². The fourth-order valence-corrected chi connectivity index (χ4v) is 2.80. The largest absolute Gasteiger partial charge is 0.480 e. The molecule has 1 aromatic rings. The summed E-state index contributed by atoms with van der Waals surface area (Å²) in [4.78, 5) is 22.7. The standard InChI is InChI=1S/C19H10F19NO3/c20-11(21,10(42)39-8(9(40)41)6-7-4-2-1-3-5-7)12(22,23)13(24,25)14(26,27)15(28,29)16(30,31)17(32,33)18(34,35)19(36,37)38/h1-5,8H,6H2,(H,39,42)(H,40,41)/t8-/m0/s1. The third-order valence-corrected chi connectivity index (χ3v) is 5.29. The fraction of sp³-hybridized carbons (Fsp3) is 0.579. The molecule has 2 N–H and O–H groups in total. The van der Waals surface area contributed by atoms with Crippen LogP contribution in [0, 0.1) is 0 Å². The van der Waals surface area contributed by atoms with Crippen LogP contribution >= 0.6 is 0 Å². The highest BCUT2D eigenvalue weighted by atomic mass is 19.4. The van der Waals surface area contributed by atoms with Gasteiger partial charge in [-0.2, -0.15) is 83.4 Å². The molecular weight excluding hydrogens is 651 g/mol. The van der Waals surface area contributed by atoms with Crippen molar-refractivity contribution in [2.75, 3.05) is 0 Å². The Bertz CT molecular complexity index is 1150. The van der Waals surface area contributed by atoms with E-state index < -0.39 is 77.9 Å². The summed E-state index contributed by atoms with van der Waals surface area (Å²) in [6, 6.07) is 2.77. The monoisotopic (exact) mass is 661 g/mol. The normalized spacial score (nSPS) is 15.8. The van der Waals surface area contributed by atoms with Crippen LogP contribution < -0.4 is 5.32 Å². The first kappa shape index (κ1) is 36.9. The van der Waals surface area contributed by atoms with E-state index in [1.807, 2.05) is 0 Å². The number of aliphatic carboxylic acids is 1. The van der Waals surface area contributed by atoms with Gasteiger partial charge in [0.05, 0.1) is 0 Å². The Hall–Kier alpha value is -3.17. The zero-order chi connectivity index (χ0) is 33.8. The van der Waals surface area contributed by atoms with Crippen LogP contribution in [0.4, 0.5) is 83.4 Å². The molecule has 0 aromatic heterocycles. The molecular formula is C19H10F19NO3. The number of carbonyl (C=O) groups is 2.